The molecule has 7 nitrogen and oxygen atoms in total. The molecule has 2 aliphatic heterocycles. The van der Waals surface area contributed by atoms with E-state index in [1.807, 2.05) is 6.07 Å². The molecule has 1 aromatic rings. The zero-order chi connectivity index (χ0) is 19.7. The van der Waals surface area contributed by atoms with Crippen LogP contribution in [0.5, 0.6) is 0 Å². The summed E-state index contributed by atoms with van der Waals surface area (Å²) < 4.78 is 25.8. The zero-order valence-electron chi connectivity index (χ0n) is 14.9. The van der Waals surface area contributed by atoms with Gasteiger partial charge in [-0.2, -0.15) is 5.26 Å². The van der Waals surface area contributed by atoms with Crippen molar-refractivity contribution in [1.82, 2.24) is 4.31 Å². The molecule has 9 heteroatoms. The molecule has 1 atom stereocenters. The predicted octanol–water partition coefficient (Wildman–Crippen LogP) is 1.69. The third-order valence-electron chi connectivity index (χ3n) is 4.96. The number of likely N-dealkylation sites (N-methyl/N-ethyl adjacent to an activating group) is 1. The van der Waals surface area contributed by atoms with Gasteiger partial charge in [-0.1, -0.05) is 11.6 Å². The van der Waals surface area contributed by atoms with E-state index in [0.717, 1.165) is 4.31 Å². The van der Waals surface area contributed by atoms with E-state index in [4.69, 9.17) is 17.3 Å². The van der Waals surface area contributed by atoms with E-state index in [2.05, 4.69) is 0 Å². The van der Waals surface area contributed by atoms with Crippen molar-refractivity contribution >= 4 is 33.2 Å². The van der Waals surface area contributed by atoms with Gasteiger partial charge in [0.2, 0.25) is 15.9 Å². The number of hydrogen-bond acceptors (Lipinski definition) is 5. The van der Waals surface area contributed by atoms with Crippen molar-refractivity contribution in [1.29, 1.82) is 5.26 Å². The van der Waals surface area contributed by atoms with Crippen molar-refractivity contribution in [2.24, 2.45) is 5.73 Å². The van der Waals surface area contributed by atoms with Crippen molar-refractivity contribution in [2.45, 2.75) is 30.9 Å². The standard InChI is InChI=1S/C17H19ClN4O3S/c1-16(2,3)26(24,25)22-9-17(12(8-19)14(22)20)11-7-10(18)5-6-13(11)21(4)15(17)23/h5-7H,9,20H2,1-4H3/t17-/m0/s1. The second-order valence-electron chi connectivity index (χ2n) is 7.43. The van der Waals surface area contributed by atoms with Gasteiger partial charge in [-0.3, -0.25) is 9.10 Å². The molecular formula is C17H19ClN4O3S. The summed E-state index contributed by atoms with van der Waals surface area (Å²) in [6.45, 7) is 4.37. The summed E-state index contributed by atoms with van der Waals surface area (Å²) in [6, 6.07) is 6.88. The highest BCUT2D eigenvalue weighted by Crippen LogP contribution is 2.51. The first-order valence-electron chi connectivity index (χ1n) is 7.90. The SMILES string of the molecule is CN1C(=O)[C@@]2(CN(S(=O)(=O)C(C)(C)C)C(N)=C2C#N)c2cc(Cl)ccc21. The van der Waals surface area contributed by atoms with E-state index >= 15 is 0 Å². The lowest BCUT2D eigenvalue weighted by Crippen LogP contribution is -2.48. The normalized spacial score (nSPS) is 23.0. The van der Waals surface area contributed by atoms with Crippen LogP contribution >= 0.6 is 11.6 Å². The number of carbonyl (C=O) groups excluding carboxylic acids is 1. The summed E-state index contributed by atoms with van der Waals surface area (Å²) in [5, 5.41) is 10.1. The van der Waals surface area contributed by atoms with Gasteiger partial charge in [-0.15, -0.1) is 0 Å². The minimum atomic E-state index is -3.89. The van der Waals surface area contributed by atoms with Crippen LogP contribution in [0.15, 0.2) is 29.6 Å². The fourth-order valence-corrected chi connectivity index (χ4v) is 5.02. The monoisotopic (exact) mass is 394 g/mol. The van der Waals surface area contributed by atoms with Gasteiger partial charge < -0.3 is 10.6 Å². The van der Waals surface area contributed by atoms with Gasteiger partial charge in [-0.05, 0) is 39.0 Å². The van der Waals surface area contributed by atoms with Crippen LogP contribution in [-0.2, 0) is 20.2 Å². The summed E-state index contributed by atoms with van der Waals surface area (Å²) in [5.41, 5.74) is 5.60. The van der Waals surface area contributed by atoms with E-state index < -0.39 is 26.1 Å². The Balaban J connectivity index is 2.31. The van der Waals surface area contributed by atoms with Crippen molar-refractivity contribution in [3.05, 3.63) is 40.2 Å². The maximum atomic E-state index is 13.2. The molecule has 0 aliphatic carbocycles. The number of hydrogen-bond donors (Lipinski definition) is 1. The first-order valence-corrected chi connectivity index (χ1v) is 9.72. The van der Waals surface area contributed by atoms with Gasteiger partial charge in [-0.25, -0.2) is 8.42 Å². The van der Waals surface area contributed by atoms with Crippen LogP contribution in [0.2, 0.25) is 5.02 Å². The molecule has 0 radical (unpaired) electrons. The number of carbonyl (C=O) groups is 1. The Morgan fingerprint density at radius 1 is 1.35 bits per heavy atom. The van der Waals surface area contributed by atoms with E-state index in [1.165, 1.54) is 4.90 Å². The molecule has 2 N–H and O–H groups in total. The lowest BCUT2D eigenvalue weighted by molar-refractivity contribution is -0.121. The van der Waals surface area contributed by atoms with E-state index in [0.29, 0.717) is 16.3 Å². The zero-order valence-corrected chi connectivity index (χ0v) is 16.4. The Hall–Kier alpha value is -2.24. The Labute approximate surface area is 157 Å². The van der Waals surface area contributed by atoms with Crippen LogP contribution in [-0.4, -0.2) is 37.0 Å². The number of nitrogens with zero attached hydrogens (tertiary/aromatic N) is 3. The molecule has 1 aromatic carbocycles. The van der Waals surface area contributed by atoms with Crippen LogP contribution in [0.4, 0.5) is 5.69 Å². The Kier molecular flexibility index (Phi) is 3.84. The van der Waals surface area contributed by atoms with Crippen LogP contribution in [0.1, 0.15) is 26.3 Å². The van der Waals surface area contributed by atoms with Crippen LogP contribution in [0, 0.1) is 11.3 Å². The second-order valence-corrected chi connectivity index (χ2v) is 10.5. The number of amides is 1. The number of nitrogens with two attached hydrogens (primary N) is 1. The van der Waals surface area contributed by atoms with Crippen molar-refractivity contribution < 1.29 is 13.2 Å². The second kappa shape index (κ2) is 5.38. The lowest BCUT2D eigenvalue weighted by atomic mass is 9.77. The number of sulfonamides is 1. The minimum absolute atomic E-state index is 0.0665. The molecule has 2 aliphatic rings. The van der Waals surface area contributed by atoms with Crippen molar-refractivity contribution in [3.8, 4) is 6.07 Å². The van der Waals surface area contributed by atoms with Gasteiger partial charge in [0.15, 0.2) is 0 Å². The van der Waals surface area contributed by atoms with Gasteiger partial charge in [0, 0.05) is 23.3 Å². The van der Waals surface area contributed by atoms with Crippen LogP contribution in [0.25, 0.3) is 0 Å². The fraction of sp³-hybridized carbons (Fsp3) is 0.412. The molecular weight excluding hydrogens is 376 g/mol. The van der Waals surface area contributed by atoms with E-state index in [9.17, 15) is 18.5 Å². The van der Waals surface area contributed by atoms with Crippen molar-refractivity contribution in [2.75, 3.05) is 18.5 Å². The number of nitriles is 1. The van der Waals surface area contributed by atoms with Gasteiger partial charge in [0.25, 0.3) is 0 Å². The Bertz CT molecular complexity index is 1000. The topological polar surface area (TPSA) is 108 Å². The summed E-state index contributed by atoms with van der Waals surface area (Å²) in [4.78, 5) is 14.6. The minimum Gasteiger partial charge on any atom is -0.384 e. The third-order valence-corrected chi connectivity index (χ3v) is 7.65. The summed E-state index contributed by atoms with van der Waals surface area (Å²) in [7, 11) is -2.31. The number of anilines is 1. The van der Waals surface area contributed by atoms with Gasteiger partial charge >= 0.3 is 0 Å². The number of fused-ring (bicyclic) bond motifs is 2. The highest BCUT2D eigenvalue weighted by molar-refractivity contribution is 7.90. The molecule has 3 rings (SSSR count). The number of benzene rings is 1. The molecule has 0 bridgehead atoms. The van der Waals surface area contributed by atoms with Gasteiger partial charge in [0.05, 0.1) is 16.9 Å². The van der Waals surface area contributed by atoms with Crippen LogP contribution in [0.3, 0.4) is 0 Å². The van der Waals surface area contributed by atoms with Crippen LogP contribution < -0.4 is 10.6 Å². The quantitative estimate of drug-likeness (QED) is 0.779. The molecule has 0 saturated heterocycles. The molecule has 1 spiro atoms. The molecule has 26 heavy (non-hydrogen) atoms. The first-order chi connectivity index (χ1) is 11.9. The fourth-order valence-electron chi connectivity index (χ4n) is 3.47. The molecule has 0 unspecified atom stereocenters. The molecule has 0 saturated carbocycles. The smallest absolute Gasteiger partial charge is 0.244 e. The largest absolute Gasteiger partial charge is 0.384 e. The lowest BCUT2D eigenvalue weighted by Gasteiger charge is -2.30. The predicted molar refractivity (Wildman–Crippen MR) is 98.7 cm³/mol. The summed E-state index contributed by atoms with van der Waals surface area (Å²) >= 11 is 6.11. The number of rotatable bonds is 1. The van der Waals surface area contributed by atoms with Gasteiger partial charge in [0.1, 0.15) is 17.3 Å². The van der Waals surface area contributed by atoms with E-state index in [-0.39, 0.29) is 17.9 Å². The highest BCUT2D eigenvalue weighted by atomic mass is 35.5. The molecule has 0 aromatic heterocycles. The maximum absolute atomic E-state index is 13.2. The average molecular weight is 395 g/mol. The molecule has 0 fully saturated rings. The first kappa shape index (κ1) is 18.5. The maximum Gasteiger partial charge on any atom is 0.244 e. The molecule has 2 heterocycles. The third kappa shape index (κ3) is 2.10. The average Bonchev–Trinajstić information content (AvgIpc) is 2.95. The summed E-state index contributed by atoms with van der Waals surface area (Å²) in [6.07, 6.45) is 0. The van der Waals surface area contributed by atoms with E-state index in [1.54, 1.807) is 46.0 Å². The number of halogens is 1. The highest BCUT2D eigenvalue weighted by Gasteiger charge is 2.61. The molecule has 138 valence electrons. The summed E-state index contributed by atoms with van der Waals surface area (Å²) in [5.74, 6) is -0.613. The Morgan fingerprint density at radius 3 is 2.50 bits per heavy atom. The molecule has 1 amide bonds. The Morgan fingerprint density at radius 2 is 1.96 bits per heavy atom. The van der Waals surface area contributed by atoms with Crippen molar-refractivity contribution in [3.63, 3.8) is 0 Å².